The Morgan fingerprint density at radius 1 is 1.17 bits per heavy atom. The van der Waals surface area contributed by atoms with E-state index < -0.39 is 0 Å². The van der Waals surface area contributed by atoms with Gasteiger partial charge in [0.1, 0.15) is 10.9 Å². The third kappa shape index (κ3) is 5.09. The minimum atomic E-state index is -0.305. The van der Waals surface area contributed by atoms with Crippen LogP contribution in [0.4, 0.5) is 4.79 Å². The molecule has 0 aromatic carbocycles. The molecular formula is C15H22N4O3S. The summed E-state index contributed by atoms with van der Waals surface area (Å²) in [6.07, 6.45) is -0.305. The molecule has 0 unspecified atom stereocenters. The van der Waals surface area contributed by atoms with Crippen molar-refractivity contribution in [1.82, 2.24) is 19.8 Å². The normalized spacial score (nSPS) is 14.7. The molecule has 0 atom stereocenters. The van der Waals surface area contributed by atoms with Crippen molar-refractivity contribution < 1.29 is 14.3 Å². The van der Waals surface area contributed by atoms with Crippen LogP contribution in [0.2, 0.25) is 0 Å². The zero-order chi connectivity index (χ0) is 16.8. The van der Waals surface area contributed by atoms with Crippen LogP contribution in [0.25, 0.3) is 0 Å². The number of aromatic nitrogens is 2. The van der Waals surface area contributed by atoms with Crippen molar-refractivity contribution in [3.8, 4) is 0 Å². The molecule has 1 aromatic heterocycles. The Morgan fingerprint density at radius 3 is 2.43 bits per heavy atom. The summed E-state index contributed by atoms with van der Waals surface area (Å²) in [5, 5.41) is 0.813. The molecule has 2 heterocycles. The number of carbonyl (C=O) groups excluding carboxylic acids is 2. The van der Waals surface area contributed by atoms with E-state index in [1.54, 1.807) is 16.7 Å². The lowest BCUT2D eigenvalue weighted by Crippen LogP contribution is -2.51. The number of carbonyl (C=O) groups is 2. The number of hydrogen-bond acceptors (Lipinski definition) is 6. The zero-order valence-electron chi connectivity index (χ0n) is 13.7. The van der Waals surface area contributed by atoms with Crippen LogP contribution in [0.5, 0.6) is 0 Å². The average Bonchev–Trinajstić information content (AvgIpc) is 2.52. The van der Waals surface area contributed by atoms with E-state index >= 15 is 0 Å². The summed E-state index contributed by atoms with van der Waals surface area (Å²) in [4.78, 5) is 35.9. The molecule has 23 heavy (non-hydrogen) atoms. The minimum Gasteiger partial charge on any atom is -0.450 e. The molecule has 1 saturated heterocycles. The first-order valence-corrected chi connectivity index (χ1v) is 8.62. The first-order chi connectivity index (χ1) is 11.0. The third-order valence-electron chi connectivity index (χ3n) is 3.44. The molecule has 0 spiro atoms. The fraction of sp³-hybridized carbons (Fsp3) is 0.600. The van der Waals surface area contributed by atoms with Crippen molar-refractivity contribution in [3.63, 3.8) is 0 Å². The lowest BCUT2D eigenvalue weighted by Gasteiger charge is -2.34. The van der Waals surface area contributed by atoms with Gasteiger partial charge in [-0.2, -0.15) is 0 Å². The molecule has 8 heteroatoms. The second-order valence-electron chi connectivity index (χ2n) is 5.25. The van der Waals surface area contributed by atoms with Crippen LogP contribution in [-0.2, 0) is 9.53 Å². The summed E-state index contributed by atoms with van der Waals surface area (Å²) in [5.41, 5.74) is 0.899. The van der Waals surface area contributed by atoms with Crippen LogP contribution in [0, 0.1) is 13.8 Å². The van der Waals surface area contributed by atoms with Gasteiger partial charge in [-0.05, 0) is 26.8 Å². The Morgan fingerprint density at radius 2 is 1.83 bits per heavy atom. The highest BCUT2D eigenvalue weighted by Crippen LogP contribution is 2.17. The Labute approximate surface area is 140 Å². The van der Waals surface area contributed by atoms with E-state index in [0.717, 1.165) is 10.7 Å². The molecule has 1 aromatic rings. The molecule has 0 aliphatic carbocycles. The number of thioether (sulfide) groups is 1. The van der Waals surface area contributed by atoms with Gasteiger partial charge < -0.3 is 14.5 Å². The Bertz CT molecular complexity index is 554. The fourth-order valence-electron chi connectivity index (χ4n) is 2.34. The van der Waals surface area contributed by atoms with Gasteiger partial charge in [0, 0.05) is 31.9 Å². The molecule has 1 fully saturated rings. The summed E-state index contributed by atoms with van der Waals surface area (Å²) >= 11 is 1.42. The number of nitrogens with zero attached hydrogens (tertiary/aromatic N) is 4. The van der Waals surface area contributed by atoms with E-state index in [4.69, 9.17) is 4.74 Å². The van der Waals surface area contributed by atoms with Crippen LogP contribution in [0.15, 0.2) is 11.1 Å². The maximum atomic E-state index is 12.3. The van der Waals surface area contributed by atoms with E-state index in [-0.39, 0.29) is 12.0 Å². The zero-order valence-corrected chi connectivity index (χ0v) is 14.6. The van der Waals surface area contributed by atoms with Crippen molar-refractivity contribution in [2.24, 2.45) is 0 Å². The molecular weight excluding hydrogens is 316 g/mol. The van der Waals surface area contributed by atoms with Crippen LogP contribution >= 0.6 is 11.8 Å². The van der Waals surface area contributed by atoms with Gasteiger partial charge in [0.25, 0.3) is 0 Å². The van der Waals surface area contributed by atoms with Crippen LogP contribution in [0.1, 0.15) is 18.4 Å². The van der Waals surface area contributed by atoms with Gasteiger partial charge in [0.2, 0.25) is 5.91 Å². The standard InChI is InChI=1S/C15H22N4O3S/c1-4-22-15(21)19-7-5-18(6-8-19)14(20)10-23-13-9-11(2)16-12(3)17-13/h9H,4-8,10H2,1-3H3. The summed E-state index contributed by atoms with van der Waals surface area (Å²) in [7, 11) is 0. The number of rotatable bonds is 4. The van der Waals surface area contributed by atoms with Crippen molar-refractivity contribution in [3.05, 3.63) is 17.6 Å². The van der Waals surface area contributed by atoms with Gasteiger partial charge >= 0.3 is 6.09 Å². The number of hydrogen-bond donors (Lipinski definition) is 0. The van der Waals surface area contributed by atoms with E-state index in [1.165, 1.54) is 11.8 Å². The molecule has 0 radical (unpaired) electrons. The van der Waals surface area contributed by atoms with Gasteiger partial charge in [-0.1, -0.05) is 11.8 Å². The smallest absolute Gasteiger partial charge is 0.409 e. The summed E-state index contributed by atoms with van der Waals surface area (Å²) in [6, 6.07) is 1.88. The number of aryl methyl sites for hydroxylation is 2. The second kappa shape index (κ2) is 8.14. The molecule has 0 N–H and O–H groups in total. The van der Waals surface area contributed by atoms with E-state index in [9.17, 15) is 9.59 Å². The van der Waals surface area contributed by atoms with E-state index in [0.29, 0.717) is 44.4 Å². The lowest BCUT2D eigenvalue weighted by molar-refractivity contribution is -0.129. The van der Waals surface area contributed by atoms with Gasteiger partial charge in [0.15, 0.2) is 0 Å². The maximum Gasteiger partial charge on any atom is 0.409 e. The Hall–Kier alpha value is -1.83. The molecule has 126 valence electrons. The second-order valence-corrected chi connectivity index (χ2v) is 6.25. The number of amides is 2. The van der Waals surface area contributed by atoms with E-state index in [1.807, 2.05) is 19.9 Å². The predicted molar refractivity (Wildman–Crippen MR) is 87.4 cm³/mol. The Kier molecular flexibility index (Phi) is 6.20. The molecule has 7 nitrogen and oxygen atoms in total. The highest BCUT2D eigenvalue weighted by Gasteiger charge is 2.24. The van der Waals surface area contributed by atoms with Crippen molar-refractivity contribution in [2.75, 3.05) is 38.5 Å². The van der Waals surface area contributed by atoms with Crippen LogP contribution in [0.3, 0.4) is 0 Å². The molecule has 2 amide bonds. The molecule has 1 aliphatic rings. The Balaban J connectivity index is 1.80. The highest BCUT2D eigenvalue weighted by molar-refractivity contribution is 7.99. The summed E-state index contributed by atoms with van der Waals surface area (Å²) in [6.45, 7) is 8.02. The molecule has 1 aliphatic heterocycles. The summed E-state index contributed by atoms with van der Waals surface area (Å²) in [5.74, 6) is 1.12. The van der Waals surface area contributed by atoms with Crippen LogP contribution < -0.4 is 0 Å². The quantitative estimate of drug-likeness (QED) is 0.611. The topological polar surface area (TPSA) is 75.6 Å². The number of ether oxygens (including phenoxy) is 1. The average molecular weight is 338 g/mol. The first-order valence-electron chi connectivity index (χ1n) is 7.64. The summed E-state index contributed by atoms with van der Waals surface area (Å²) < 4.78 is 4.97. The monoisotopic (exact) mass is 338 g/mol. The highest BCUT2D eigenvalue weighted by atomic mass is 32.2. The maximum absolute atomic E-state index is 12.3. The van der Waals surface area contributed by atoms with Crippen molar-refractivity contribution in [2.45, 2.75) is 25.8 Å². The van der Waals surface area contributed by atoms with E-state index in [2.05, 4.69) is 9.97 Å². The minimum absolute atomic E-state index is 0.0624. The number of piperazine rings is 1. The third-order valence-corrected chi connectivity index (χ3v) is 4.34. The fourth-order valence-corrected chi connectivity index (χ4v) is 3.24. The predicted octanol–water partition coefficient (Wildman–Crippen LogP) is 1.49. The van der Waals surface area contributed by atoms with Gasteiger partial charge in [0.05, 0.1) is 12.4 Å². The van der Waals surface area contributed by atoms with Gasteiger partial charge in [-0.15, -0.1) is 0 Å². The van der Waals surface area contributed by atoms with Gasteiger partial charge in [-0.3, -0.25) is 4.79 Å². The van der Waals surface area contributed by atoms with Gasteiger partial charge in [-0.25, -0.2) is 14.8 Å². The lowest BCUT2D eigenvalue weighted by atomic mass is 10.3. The van der Waals surface area contributed by atoms with Crippen molar-refractivity contribution in [1.29, 1.82) is 0 Å². The largest absolute Gasteiger partial charge is 0.450 e. The molecule has 2 rings (SSSR count). The molecule has 0 bridgehead atoms. The SMILES string of the molecule is CCOC(=O)N1CCN(C(=O)CSc2cc(C)nc(C)n2)CC1. The molecule has 0 saturated carbocycles. The first kappa shape index (κ1) is 17.5. The van der Waals surface area contributed by atoms with Crippen molar-refractivity contribution >= 4 is 23.8 Å². The van der Waals surface area contributed by atoms with Crippen LogP contribution in [-0.4, -0.2) is 70.3 Å².